The van der Waals surface area contributed by atoms with E-state index < -0.39 is 6.09 Å². The number of anilines is 1. The topological polar surface area (TPSA) is 91.9 Å². The number of nitrogens with one attached hydrogen (secondary N) is 3. The second kappa shape index (κ2) is 13.6. The molecule has 8 nitrogen and oxygen atoms in total. The van der Waals surface area contributed by atoms with Gasteiger partial charge in [-0.15, -0.1) is 0 Å². The van der Waals surface area contributed by atoms with Gasteiger partial charge in [-0.2, -0.15) is 0 Å². The average molecular weight is 517 g/mol. The minimum atomic E-state index is -0.436. The fraction of sp³-hybridized carbons (Fsp3) is 0.333. The Morgan fingerprint density at radius 3 is 2.45 bits per heavy atom. The first-order chi connectivity index (χ1) is 18.6. The Labute approximate surface area is 224 Å². The standard InChI is InChI=1S/C30H36N4O4/c1-31-21-22-12-13-26(28(20-22)37-2)29(35)32-16-19-34-17-14-24(15-18-34)38-30(36)33-27-11-7-6-10-25(27)23-8-4-3-5-9-23/h3-13,20,24,31H,14-19,21H2,1-2H3,(H,32,35)(H,33,36). The molecule has 38 heavy (non-hydrogen) atoms. The summed E-state index contributed by atoms with van der Waals surface area (Å²) in [6.07, 6.45) is 0.934. The van der Waals surface area contributed by atoms with Gasteiger partial charge >= 0.3 is 6.09 Å². The highest BCUT2D eigenvalue weighted by atomic mass is 16.6. The van der Waals surface area contributed by atoms with Crippen LogP contribution in [-0.2, 0) is 11.3 Å². The van der Waals surface area contributed by atoms with E-state index in [1.54, 1.807) is 13.2 Å². The van der Waals surface area contributed by atoms with Crippen molar-refractivity contribution in [3.8, 4) is 16.9 Å². The number of carbonyl (C=O) groups excluding carboxylic acids is 2. The number of methoxy groups -OCH3 is 1. The van der Waals surface area contributed by atoms with E-state index in [1.165, 1.54) is 0 Å². The summed E-state index contributed by atoms with van der Waals surface area (Å²) in [5.74, 6) is 0.418. The molecule has 0 saturated carbocycles. The molecule has 0 unspecified atom stereocenters. The number of ether oxygens (including phenoxy) is 2. The van der Waals surface area contributed by atoms with Crippen molar-refractivity contribution in [2.75, 3.05) is 45.7 Å². The quantitative estimate of drug-likeness (QED) is 0.367. The molecule has 0 spiro atoms. The molecule has 1 aliphatic rings. The number of nitrogens with zero attached hydrogens (tertiary/aromatic N) is 1. The zero-order valence-electron chi connectivity index (χ0n) is 22.0. The summed E-state index contributed by atoms with van der Waals surface area (Å²) in [5.41, 5.74) is 4.30. The van der Waals surface area contributed by atoms with Gasteiger partial charge < -0.3 is 25.0 Å². The lowest BCUT2D eigenvalue weighted by Gasteiger charge is -2.31. The Bertz CT molecular complexity index is 1210. The summed E-state index contributed by atoms with van der Waals surface area (Å²) < 4.78 is 11.1. The molecule has 0 atom stereocenters. The molecule has 2 amide bonds. The summed E-state index contributed by atoms with van der Waals surface area (Å²) in [7, 11) is 3.45. The van der Waals surface area contributed by atoms with E-state index in [4.69, 9.17) is 9.47 Å². The largest absolute Gasteiger partial charge is 0.496 e. The average Bonchev–Trinajstić information content (AvgIpc) is 2.94. The zero-order valence-corrected chi connectivity index (χ0v) is 22.0. The highest BCUT2D eigenvalue weighted by molar-refractivity contribution is 5.97. The number of benzene rings is 3. The lowest BCUT2D eigenvalue weighted by molar-refractivity contribution is 0.0587. The Morgan fingerprint density at radius 2 is 1.71 bits per heavy atom. The third kappa shape index (κ3) is 7.34. The maximum atomic E-state index is 12.7. The van der Waals surface area contributed by atoms with Crippen LogP contribution in [0.1, 0.15) is 28.8 Å². The van der Waals surface area contributed by atoms with Gasteiger partial charge in [-0.1, -0.05) is 54.6 Å². The third-order valence-electron chi connectivity index (χ3n) is 6.66. The van der Waals surface area contributed by atoms with Crippen molar-refractivity contribution in [3.63, 3.8) is 0 Å². The van der Waals surface area contributed by atoms with Crippen LogP contribution in [0.15, 0.2) is 72.8 Å². The van der Waals surface area contributed by atoms with Gasteiger partial charge in [0.15, 0.2) is 0 Å². The van der Waals surface area contributed by atoms with Crippen molar-refractivity contribution in [2.24, 2.45) is 0 Å². The predicted molar refractivity (Wildman–Crippen MR) is 150 cm³/mol. The van der Waals surface area contributed by atoms with Crippen LogP contribution in [-0.4, -0.2) is 63.3 Å². The van der Waals surface area contributed by atoms with Crippen molar-refractivity contribution in [1.82, 2.24) is 15.5 Å². The molecule has 0 bridgehead atoms. The monoisotopic (exact) mass is 516 g/mol. The second-order valence-corrected chi connectivity index (χ2v) is 9.30. The van der Waals surface area contributed by atoms with Crippen molar-refractivity contribution < 1.29 is 19.1 Å². The van der Waals surface area contributed by atoms with Gasteiger partial charge in [0.1, 0.15) is 11.9 Å². The minimum absolute atomic E-state index is 0.134. The lowest BCUT2D eigenvalue weighted by atomic mass is 10.0. The van der Waals surface area contributed by atoms with Crippen molar-refractivity contribution in [1.29, 1.82) is 0 Å². The molecule has 8 heteroatoms. The number of likely N-dealkylation sites (tertiary alicyclic amines) is 1. The smallest absolute Gasteiger partial charge is 0.411 e. The van der Waals surface area contributed by atoms with Crippen LogP contribution in [0.5, 0.6) is 5.75 Å². The first kappa shape index (κ1) is 27.2. The Balaban J connectivity index is 1.20. The number of hydrogen-bond donors (Lipinski definition) is 3. The van der Waals surface area contributed by atoms with Crippen molar-refractivity contribution >= 4 is 17.7 Å². The van der Waals surface area contributed by atoms with Gasteiger partial charge in [-0.05, 0) is 49.2 Å². The number of carbonyl (C=O) groups is 2. The fourth-order valence-electron chi connectivity index (χ4n) is 4.66. The van der Waals surface area contributed by atoms with E-state index in [0.29, 0.717) is 24.4 Å². The first-order valence-electron chi connectivity index (χ1n) is 13.0. The Kier molecular flexibility index (Phi) is 9.72. The van der Waals surface area contributed by atoms with Crippen LogP contribution >= 0.6 is 0 Å². The van der Waals surface area contributed by atoms with Crippen LogP contribution in [0.25, 0.3) is 11.1 Å². The van der Waals surface area contributed by atoms with E-state index in [9.17, 15) is 9.59 Å². The summed E-state index contributed by atoms with van der Waals surface area (Å²) in [6, 6.07) is 23.3. The number of hydrogen-bond acceptors (Lipinski definition) is 6. The summed E-state index contributed by atoms with van der Waals surface area (Å²) >= 11 is 0. The zero-order chi connectivity index (χ0) is 26.7. The summed E-state index contributed by atoms with van der Waals surface area (Å²) in [4.78, 5) is 27.6. The molecule has 3 aromatic rings. The predicted octanol–water partition coefficient (Wildman–Crippen LogP) is 4.52. The van der Waals surface area contributed by atoms with Gasteiger partial charge in [-0.3, -0.25) is 10.1 Å². The normalized spacial score (nSPS) is 14.1. The van der Waals surface area contributed by atoms with Crippen molar-refractivity contribution in [2.45, 2.75) is 25.5 Å². The second-order valence-electron chi connectivity index (χ2n) is 9.30. The molecule has 1 heterocycles. The Morgan fingerprint density at radius 1 is 0.974 bits per heavy atom. The number of piperidine rings is 1. The Hall–Kier alpha value is -3.88. The maximum Gasteiger partial charge on any atom is 0.411 e. The molecule has 1 saturated heterocycles. The molecule has 0 radical (unpaired) electrons. The molecular weight excluding hydrogens is 480 g/mol. The molecule has 4 rings (SSSR count). The van der Waals surface area contributed by atoms with Gasteiger partial charge in [0.05, 0.1) is 18.4 Å². The summed E-state index contributed by atoms with van der Waals surface area (Å²) in [5, 5.41) is 9.00. The van der Waals surface area contributed by atoms with Crippen molar-refractivity contribution in [3.05, 3.63) is 83.9 Å². The fourth-order valence-corrected chi connectivity index (χ4v) is 4.66. The van der Waals surface area contributed by atoms with Crippen LogP contribution in [0.3, 0.4) is 0 Å². The maximum absolute atomic E-state index is 12.7. The molecule has 3 aromatic carbocycles. The van der Waals surface area contributed by atoms with Gasteiger partial charge in [0.25, 0.3) is 5.91 Å². The molecule has 200 valence electrons. The number of rotatable bonds is 10. The SMILES string of the molecule is CNCc1ccc(C(=O)NCCN2CCC(OC(=O)Nc3ccccc3-c3ccccc3)CC2)c(OC)c1. The molecule has 1 fully saturated rings. The number of para-hydroxylation sites is 1. The van der Waals surface area contributed by atoms with Crippen LogP contribution in [0.2, 0.25) is 0 Å². The highest BCUT2D eigenvalue weighted by Crippen LogP contribution is 2.28. The van der Waals surface area contributed by atoms with Gasteiger partial charge in [0, 0.05) is 38.3 Å². The van der Waals surface area contributed by atoms with E-state index >= 15 is 0 Å². The molecule has 0 aliphatic carbocycles. The van der Waals surface area contributed by atoms with E-state index in [2.05, 4.69) is 20.9 Å². The third-order valence-corrected chi connectivity index (χ3v) is 6.66. The van der Waals surface area contributed by atoms with Crippen LogP contribution in [0, 0.1) is 0 Å². The lowest BCUT2D eigenvalue weighted by Crippen LogP contribution is -2.42. The van der Waals surface area contributed by atoms with E-state index in [0.717, 1.165) is 54.9 Å². The minimum Gasteiger partial charge on any atom is -0.496 e. The van der Waals surface area contributed by atoms with Gasteiger partial charge in [0.2, 0.25) is 0 Å². The molecule has 1 aliphatic heterocycles. The number of amides is 2. The molecule has 0 aromatic heterocycles. The van der Waals surface area contributed by atoms with E-state index in [-0.39, 0.29) is 12.0 Å². The summed E-state index contributed by atoms with van der Waals surface area (Å²) in [6.45, 7) is 3.57. The van der Waals surface area contributed by atoms with Crippen LogP contribution in [0.4, 0.5) is 10.5 Å². The molecule has 3 N–H and O–H groups in total. The molecular formula is C30H36N4O4. The first-order valence-corrected chi connectivity index (χ1v) is 13.0. The van der Waals surface area contributed by atoms with Gasteiger partial charge in [-0.25, -0.2) is 4.79 Å². The van der Waals surface area contributed by atoms with E-state index in [1.807, 2.05) is 73.8 Å². The highest BCUT2D eigenvalue weighted by Gasteiger charge is 2.23. The van der Waals surface area contributed by atoms with Crippen LogP contribution < -0.4 is 20.7 Å².